The van der Waals surface area contributed by atoms with Gasteiger partial charge in [-0.05, 0) is 68.5 Å². The van der Waals surface area contributed by atoms with E-state index in [1.165, 1.54) is 0 Å². The zero-order valence-electron chi connectivity index (χ0n) is 21.6. The summed E-state index contributed by atoms with van der Waals surface area (Å²) in [5.74, 6) is -5.89. The molecule has 4 heteroatoms. The zero-order valence-corrected chi connectivity index (χ0v) is 21.6. The van der Waals surface area contributed by atoms with Crippen molar-refractivity contribution in [3.63, 3.8) is 0 Å². The summed E-state index contributed by atoms with van der Waals surface area (Å²) in [6.07, 6.45) is 0.970. The van der Waals surface area contributed by atoms with Gasteiger partial charge in [0.15, 0.2) is 23.3 Å². The molecule has 0 aliphatic heterocycles. The molecule has 0 saturated carbocycles. The fourth-order valence-corrected chi connectivity index (χ4v) is 5.75. The molecular weight excluding hydrogens is 472 g/mol. The third-order valence-corrected chi connectivity index (χ3v) is 8.30. The SMILES string of the molecule is CCC(C)(CC)c1c(F)c(F)c(C(C)Cc2ccc3c4ccccc4c4ccccc4c3c2)c(F)c1F. The van der Waals surface area contributed by atoms with E-state index in [-0.39, 0.29) is 6.42 Å². The minimum Gasteiger partial charge on any atom is -0.203 e. The Morgan fingerprint density at radius 2 is 1.05 bits per heavy atom. The number of fused-ring (bicyclic) bond motifs is 6. The van der Waals surface area contributed by atoms with Crippen molar-refractivity contribution in [3.8, 4) is 0 Å². The van der Waals surface area contributed by atoms with Crippen LogP contribution in [0.2, 0.25) is 0 Å². The Morgan fingerprint density at radius 1 is 0.622 bits per heavy atom. The van der Waals surface area contributed by atoms with Crippen molar-refractivity contribution in [1.29, 1.82) is 0 Å². The largest absolute Gasteiger partial charge is 0.203 e. The maximum absolute atomic E-state index is 15.3. The average Bonchev–Trinajstić information content (AvgIpc) is 2.92. The first-order valence-electron chi connectivity index (χ1n) is 12.9. The number of hydrogen-bond donors (Lipinski definition) is 0. The van der Waals surface area contributed by atoms with E-state index in [1.54, 1.807) is 27.7 Å². The normalized spacial score (nSPS) is 13.1. The van der Waals surface area contributed by atoms with Crippen LogP contribution in [0.1, 0.15) is 63.1 Å². The van der Waals surface area contributed by atoms with Gasteiger partial charge in [-0.3, -0.25) is 0 Å². The molecular formula is C33H30F4. The predicted octanol–water partition coefficient (Wildman–Crippen LogP) is 10.1. The molecule has 0 fully saturated rings. The van der Waals surface area contributed by atoms with E-state index >= 15 is 17.6 Å². The fraction of sp³-hybridized carbons (Fsp3) is 0.273. The lowest BCUT2D eigenvalue weighted by molar-refractivity contribution is 0.351. The van der Waals surface area contributed by atoms with Crippen LogP contribution in [0.25, 0.3) is 32.3 Å². The second-order valence-corrected chi connectivity index (χ2v) is 10.4. The topological polar surface area (TPSA) is 0 Å². The highest BCUT2D eigenvalue weighted by atomic mass is 19.2. The summed E-state index contributed by atoms with van der Waals surface area (Å²) >= 11 is 0. The van der Waals surface area contributed by atoms with E-state index in [0.717, 1.165) is 37.9 Å². The molecule has 0 aliphatic rings. The van der Waals surface area contributed by atoms with Gasteiger partial charge in [0.25, 0.3) is 0 Å². The van der Waals surface area contributed by atoms with E-state index in [0.29, 0.717) is 12.8 Å². The first-order valence-corrected chi connectivity index (χ1v) is 12.9. The molecule has 0 saturated heterocycles. The fourth-order valence-electron chi connectivity index (χ4n) is 5.75. The average molecular weight is 503 g/mol. The lowest BCUT2D eigenvalue weighted by Gasteiger charge is -2.29. The van der Waals surface area contributed by atoms with E-state index < -0.39 is 45.7 Å². The summed E-state index contributed by atoms with van der Waals surface area (Å²) < 4.78 is 61.1. The lowest BCUT2D eigenvalue weighted by atomic mass is 9.76. The lowest BCUT2D eigenvalue weighted by Crippen LogP contribution is -2.26. The van der Waals surface area contributed by atoms with Gasteiger partial charge in [0.1, 0.15) is 0 Å². The van der Waals surface area contributed by atoms with Crippen LogP contribution in [0.3, 0.4) is 0 Å². The molecule has 0 nitrogen and oxygen atoms in total. The van der Waals surface area contributed by atoms with Gasteiger partial charge in [-0.25, -0.2) is 17.6 Å². The van der Waals surface area contributed by atoms with Gasteiger partial charge in [0, 0.05) is 11.1 Å². The Hall–Kier alpha value is -3.40. The molecule has 0 bridgehead atoms. The third kappa shape index (κ3) is 3.98. The van der Waals surface area contributed by atoms with Gasteiger partial charge in [0.05, 0.1) is 0 Å². The molecule has 0 aliphatic carbocycles. The summed E-state index contributed by atoms with van der Waals surface area (Å²) in [4.78, 5) is 0. The molecule has 5 rings (SSSR count). The second-order valence-electron chi connectivity index (χ2n) is 10.4. The molecule has 0 N–H and O–H groups in total. The minimum absolute atomic E-state index is 0.238. The second kappa shape index (κ2) is 9.48. The molecule has 0 amide bonds. The minimum atomic E-state index is -1.29. The molecule has 37 heavy (non-hydrogen) atoms. The summed E-state index contributed by atoms with van der Waals surface area (Å²) in [5.41, 5.74) is -1.17. The van der Waals surface area contributed by atoms with Crippen LogP contribution in [0, 0.1) is 23.3 Å². The summed E-state index contributed by atoms with van der Waals surface area (Å²) in [6, 6.07) is 22.4. The van der Waals surface area contributed by atoms with Crippen LogP contribution in [0.5, 0.6) is 0 Å². The van der Waals surface area contributed by atoms with E-state index in [1.807, 2.05) is 42.5 Å². The number of rotatable bonds is 6. The van der Waals surface area contributed by atoms with E-state index in [4.69, 9.17) is 0 Å². The molecule has 0 spiro atoms. The van der Waals surface area contributed by atoms with Crippen LogP contribution in [-0.2, 0) is 11.8 Å². The molecule has 0 radical (unpaired) electrons. The highest BCUT2D eigenvalue weighted by Crippen LogP contribution is 2.41. The van der Waals surface area contributed by atoms with Crippen molar-refractivity contribution in [2.24, 2.45) is 0 Å². The zero-order chi connectivity index (χ0) is 26.5. The van der Waals surface area contributed by atoms with Crippen molar-refractivity contribution >= 4 is 32.3 Å². The van der Waals surface area contributed by atoms with Gasteiger partial charge >= 0.3 is 0 Å². The molecule has 0 heterocycles. The monoisotopic (exact) mass is 502 g/mol. The first-order chi connectivity index (χ1) is 17.7. The molecule has 0 aromatic heterocycles. The number of hydrogen-bond acceptors (Lipinski definition) is 0. The Labute approximate surface area is 214 Å². The van der Waals surface area contributed by atoms with Gasteiger partial charge in [-0.15, -0.1) is 0 Å². The van der Waals surface area contributed by atoms with Gasteiger partial charge in [0.2, 0.25) is 0 Å². The predicted molar refractivity (Wildman–Crippen MR) is 145 cm³/mol. The van der Waals surface area contributed by atoms with Gasteiger partial charge in [-0.1, -0.05) is 94.4 Å². The Morgan fingerprint density at radius 3 is 1.51 bits per heavy atom. The smallest absolute Gasteiger partial charge is 0.166 e. The summed E-state index contributed by atoms with van der Waals surface area (Å²) in [5, 5.41) is 6.62. The van der Waals surface area contributed by atoms with Crippen molar-refractivity contribution in [1.82, 2.24) is 0 Å². The Balaban J connectivity index is 1.61. The molecule has 5 aromatic rings. The van der Waals surface area contributed by atoms with Gasteiger partial charge in [-0.2, -0.15) is 0 Å². The standard InChI is InChI=1S/C33H30F4/c1-5-33(4,6-2)28-31(36)29(34)27(30(35)32(28)37)19(3)17-20-15-16-25-23-13-8-7-11-21(23)22-12-9-10-14-24(22)26(25)18-20/h7-16,18-19H,5-6,17H2,1-4H3. The van der Waals surface area contributed by atoms with Crippen molar-refractivity contribution in [2.75, 3.05) is 0 Å². The van der Waals surface area contributed by atoms with Crippen molar-refractivity contribution < 1.29 is 17.6 Å². The molecule has 1 atom stereocenters. The van der Waals surface area contributed by atoms with E-state index in [9.17, 15) is 0 Å². The summed E-state index contributed by atoms with van der Waals surface area (Å²) in [7, 11) is 0. The maximum Gasteiger partial charge on any atom is 0.166 e. The molecule has 1 unspecified atom stereocenters. The van der Waals surface area contributed by atoms with E-state index in [2.05, 4.69) is 24.3 Å². The van der Waals surface area contributed by atoms with Crippen LogP contribution in [-0.4, -0.2) is 0 Å². The molecule has 5 aromatic carbocycles. The van der Waals surface area contributed by atoms with Crippen LogP contribution >= 0.6 is 0 Å². The highest BCUT2D eigenvalue weighted by Gasteiger charge is 2.36. The van der Waals surface area contributed by atoms with Crippen LogP contribution < -0.4 is 0 Å². The Bertz CT molecular complexity index is 1580. The summed E-state index contributed by atoms with van der Waals surface area (Å²) in [6.45, 7) is 6.78. The first kappa shape index (κ1) is 25.3. The van der Waals surface area contributed by atoms with Gasteiger partial charge < -0.3 is 0 Å². The Kier molecular flexibility index (Phi) is 6.47. The number of benzene rings is 5. The quantitative estimate of drug-likeness (QED) is 0.123. The van der Waals surface area contributed by atoms with Crippen molar-refractivity contribution in [3.05, 3.63) is 107 Å². The molecule has 190 valence electrons. The third-order valence-electron chi connectivity index (χ3n) is 8.30. The van der Waals surface area contributed by atoms with Crippen molar-refractivity contribution in [2.45, 2.75) is 58.3 Å². The van der Waals surface area contributed by atoms with Crippen LogP contribution in [0.4, 0.5) is 17.6 Å². The van der Waals surface area contributed by atoms with Crippen LogP contribution in [0.15, 0.2) is 66.7 Å². The maximum atomic E-state index is 15.3. The highest BCUT2D eigenvalue weighted by molar-refractivity contribution is 6.25. The number of halogens is 4.